The minimum absolute atomic E-state index is 0.0918. The van der Waals surface area contributed by atoms with E-state index in [0.717, 1.165) is 4.90 Å². The molecule has 8 heteroatoms. The van der Waals surface area contributed by atoms with Crippen molar-refractivity contribution in [3.05, 3.63) is 65.2 Å². The van der Waals surface area contributed by atoms with Gasteiger partial charge in [0.1, 0.15) is 5.78 Å². The van der Waals surface area contributed by atoms with E-state index in [-0.39, 0.29) is 30.1 Å². The Kier molecular flexibility index (Phi) is 5.63. The molecule has 3 amide bonds. The van der Waals surface area contributed by atoms with E-state index >= 15 is 0 Å². The van der Waals surface area contributed by atoms with E-state index < -0.39 is 35.5 Å². The summed E-state index contributed by atoms with van der Waals surface area (Å²) in [5, 5.41) is 0. The van der Waals surface area contributed by atoms with Crippen LogP contribution in [0.4, 0.5) is 5.69 Å². The number of anilines is 1. The van der Waals surface area contributed by atoms with Crippen LogP contribution in [0.2, 0.25) is 0 Å². The first-order valence-corrected chi connectivity index (χ1v) is 11.0. The number of carbonyl (C=O) groups excluding carboxylic acids is 5. The molecule has 1 fully saturated rings. The van der Waals surface area contributed by atoms with Gasteiger partial charge in [-0.25, -0.2) is 9.69 Å². The van der Waals surface area contributed by atoms with Crippen molar-refractivity contribution >= 4 is 35.2 Å². The highest BCUT2D eigenvalue weighted by molar-refractivity contribution is 6.34. The Morgan fingerprint density at radius 2 is 1.32 bits per heavy atom. The van der Waals surface area contributed by atoms with Crippen LogP contribution in [0.15, 0.2) is 48.5 Å². The standard InChI is InChI=1S/C26H26N2O6/c1-25(2)13-18(29)14-26(3,4)28(25)21(30)15-34-24(33)16-9-11-17(12-10-16)27-22(31)19-7-5-6-8-20(19)23(27)32/h5-12H,13-15H2,1-4H3. The SMILES string of the molecule is CC1(C)CC(=O)CC(C)(C)N1C(=O)COC(=O)c1ccc(N2C(=O)c3ccccc3C2=O)cc1. The molecule has 34 heavy (non-hydrogen) atoms. The molecule has 0 bridgehead atoms. The molecular weight excluding hydrogens is 436 g/mol. The second-order valence-electron chi connectivity index (χ2n) is 9.86. The first-order valence-electron chi connectivity index (χ1n) is 11.0. The summed E-state index contributed by atoms with van der Waals surface area (Å²) < 4.78 is 5.25. The summed E-state index contributed by atoms with van der Waals surface area (Å²) in [6.45, 7) is 6.83. The van der Waals surface area contributed by atoms with Crippen LogP contribution in [-0.2, 0) is 14.3 Å². The Morgan fingerprint density at radius 3 is 1.82 bits per heavy atom. The Morgan fingerprint density at radius 1 is 0.824 bits per heavy atom. The summed E-state index contributed by atoms with van der Waals surface area (Å²) in [6, 6.07) is 12.4. The van der Waals surface area contributed by atoms with Crippen LogP contribution < -0.4 is 4.90 Å². The molecule has 2 aromatic rings. The molecule has 2 heterocycles. The molecule has 176 valence electrons. The number of fused-ring (bicyclic) bond motifs is 1. The third-order valence-electron chi connectivity index (χ3n) is 6.20. The summed E-state index contributed by atoms with van der Waals surface area (Å²) in [7, 11) is 0. The smallest absolute Gasteiger partial charge is 0.338 e. The molecule has 0 N–H and O–H groups in total. The molecule has 2 aliphatic rings. The zero-order valence-corrected chi connectivity index (χ0v) is 19.6. The number of hydrogen-bond donors (Lipinski definition) is 0. The highest BCUT2D eigenvalue weighted by atomic mass is 16.5. The molecule has 0 aliphatic carbocycles. The lowest BCUT2D eigenvalue weighted by Gasteiger charge is -2.51. The van der Waals surface area contributed by atoms with E-state index in [0.29, 0.717) is 16.8 Å². The average molecular weight is 463 g/mol. The van der Waals surface area contributed by atoms with Crippen molar-refractivity contribution in [3.63, 3.8) is 0 Å². The summed E-state index contributed by atoms with van der Waals surface area (Å²) in [6.07, 6.45) is 0.491. The molecule has 0 unspecified atom stereocenters. The maximum absolute atomic E-state index is 12.9. The van der Waals surface area contributed by atoms with E-state index in [2.05, 4.69) is 0 Å². The van der Waals surface area contributed by atoms with Gasteiger partial charge in [-0.2, -0.15) is 0 Å². The molecule has 2 aliphatic heterocycles. The van der Waals surface area contributed by atoms with Crippen LogP contribution in [0.3, 0.4) is 0 Å². The van der Waals surface area contributed by atoms with Crippen molar-refractivity contribution in [2.45, 2.75) is 51.6 Å². The minimum Gasteiger partial charge on any atom is -0.452 e. The minimum atomic E-state index is -0.703. The lowest BCUT2D eigenvalue weighted by molar-refractivity contribution is -0.156. The fourth-order valence-electron chi connectivity index (χ4n) is 5.13. The predicted molar refractivity (Wildman–Crippen MR) is 124 cm³/mol. The Balaban J connectivity index is 1.43. The number of hydrogen-bond acceptors (Lipinski definition) is 6. The summed E-state index contributed by atoms with van der Waals surface area (Å²) in [4.78, 5) is 65.5. The van der Waals surface area contributed by atoms with Gasteiger partial charge in [-0.3, -0.25) is 19.2 Å². The topological polar surface area (TPSA) is 101 Å². The number of ether oxygens (including phenoxy) is 1. The number of piperidine rings is 1. The van der Waals surface area contributed by atoms with Crippen molar-refractivity contribution in [1.82, 2.24) is 4.90 Å². The van der Waals surface area contributed by atoms with Gasteiger partial charge in [-0.05, 0) is 64.1 Å². The maximum Gasteiger partial charge on any atom is 0.338 e. The van der Waals surface area contributed by atoms with E-state index in [9.17, 15) is 24.0 Å². The van der Waals surface area contributed by atoms with Gasteiger partial charge >= 0.3 is 5.97 Å². The highest BCUT2D eigenvalue weighted by Crippen LogP contribution is 2.36. The van der Waals surface area contributed by atoms with Gasteiger partial charge < -0.3 is 9.64 Å². The first-order chi connectivity index (χ1) is 15.9. The van der Waals surface area contributed by atoms with Gasteiger partial charge in [-0.1, -0.05) is 12.1 Å². The molecule has 4 rings (SSSR count). The monoisotopic (exact) mass is 462 g/mol. The van der Waals surface area contributed by atoms with Gasteiger partial charge in [0.2, 0.25) is 0 Å². The number of carbonyl (C=O) groups is 5. The van der Waals surface area contributed by atoms with Crippen LogP contribution in [0, 0.1) is 0 Å². The average Bonchev–Trinajstić information content (AvgIpc) is 3.00. The largest absolute Gasteiger partial charge is 0.452 e. The summed E-state index contributed by atoms with van der Waals surface area (Å²) in [5.41, 5.74) is -0.187. The number of esters is 1. The van der Waals surface area contributed by atoms with Crippen molar-refractivity contribution in [1.29, 1.82) is 0 Å². The number of imide groups is 1. The molecule has 0 spiro atoms. The third kappa shape index (κ3) is 4.00. The van der Waals surface area contributed by atoms with Crippen LogP contribution >= 0.6 is 0 Å². The lowest BCUT2D eigenvalue weighted by atomic mass is 9.79. The van der Waals surface area contributed by atoms with E-state index in [1.54, 1.807) is 29.2 Å². The van der Waals surface area contributed by atoms with Gasteiger partial charge in [0, 0.05) is 23.9 Å². The van der Waals surface area contributed by atoms with Crippen molar-refractivity contribution in [2.75, 3.05) is 11.5 Å². The van der Waals surface area contributed by atoms with Gasteiger partial charge in [0.15, 0.2) is 6.61 Å². The fraction of sp³-hybridized carbons (Fsp3) is 0.346. The molecule has 0 saturated carbocycles. The molecule has 0 aromatic heterocycles. The van der Waals surface area contributed by atoms with Gasteiger partial charge in [-0.15, -0.1) is 0 Å². The Bertz CT molecular complexity index is 1160. The van der Waals surface area contributed by atoms with Gasteiger partial charge in [0.25, 0.3) is 17.7 Å². The van der Waals surface area contributed by atoms with Crippen LogP contribution in [-0.4, -0.2) is 52.1 Å². The Hall–Kier alpha value is -3.81. The Labute approximate surface area is 197 Å². The number of benzene rings is 2. The van der Waals surface area contributed by atoms with Crippen molar-refractivity contribution < 1.29 is 28.7 Å². The first kappa shape index (κ1) is 23.4. The third-order valence-corrected chi connectivity index (χ3v) is 6.20. The lowest BCUT2D eigenvalue weighted by Crippen LogP contribution is -2.63. The van der Waals surface area contributed by atoms with E-state index in [1.165, 1.54) is 24.3 Å². The molecule has 0 radical (unpaired) electrons. The van der Waals surface area contributed by atoms with E-state index in [4.69, 9.17) is 4.74 Å². The predicted octanol–water partition coefficient (Wildman–Crippen LogP) is 3.39. The number of amides is 3. The number of Topliss-reactive ketones (excluding diaryl/α,β-unsaturated/α-hetero) is 1. The molecule has 1 saturated heterocycles. The number of ketones is 1. The second-order valence-corrected chi connectivity index (χ2v) is 9.86. The number of nitrogens with zero attached hydrogens (tertiary/aromatic N) is 2. The zero-order valence-electron chi connectivity index (χ0n) is 19.6. The van der Waals surface area contributed by atoms with Crippen LogP contribution in [0.25, 0.3) is 0 Å². The van der Waals surface area contributed by atoms with Crippen molar-refractivity contribution in [3.8, 4) is 0 Å². The van der Waals surface area contributed by atoms with Crippen LogP contribution in [0.5, 0.6) is 0 Å². The maximum atomic E-state index is 12.9. The molecule has 0 atom stereocenters. The number of rotatable bonds is 4. The number of likely N-dealkylation sites (tertiary alicyclic amines) is 1. The van der Waals surface area contributed by atoms with E-state index in [1.807, 2.05) is 27.7 Å². The zero-order chi connectivity index (χ0) is 24.8. The summed E-state index contributed by atoms with van der Waals surface area (Å²) in [5.74, 6) is -1.84. The molecule has 8 nitrogen and oxygen atoms in total. The summed E-state index contributed by atoms with van der Waals surface area (Å²) >= 11 is 0. The quantitative estimate of drug-likeness (QED) is 0.510. The molecular formula is C26H26N2O6. The van der Waals surface area contributed by atoms with Crippen LogP contribution in [0.1, 0.15) is 71.6 Å². The van der Waals surface area contributed by atoms with Gasteiger partial charge in [0.05, 0.1) is 22.4 Å². The fourth-order valence-corrected chi connectivity index (χ4v) is 5.13. The molecule has 2 aromatic carbocycles. The second kappa shape index (κ2) is 8.20. The normalized spacial score (nSPS) is 18.6. The highest BCUT2D eigenvalue weighted by Gasteiger charge is 2.47. The van der Waals surface area contributed by atoms with Crippen molar-refractivity contribution in [2.24, 2.45) is 0 Å².